The van der Waals surface area contributed by atoms with Crippen LogP contribution in [0.25, 0.3) is 11.0 Å². The van der Waals surface area contributed by atoms with E-state index in [1.54, 1.807) is 6.07 Å². The molecule has 0 saturated carbocycles. The van der Waals surface area contributed by atoms with Gasteiger partial charge < -0.3 is 18.6 Å². The molecule has 0 aliphatic carbocycles. The number of hydrogen-bond donors (Lipinski definition) is 1. The van der Waals surface area contributed by atoms with E-state index in [0.717, 1.165) is 65.3 Å². The van der Waals surface area contributed by atoms with Crippen LogP contribution in [0.1, 0.15) is 30.0 Å². The van der Waals surface area contributed by atoms with E-state index < -0.39 is 0 Å². The molecule has 1 atom stereocenters. The summed E-state index contributed by atoms with van der Waals surface area (Å²) in [6.07, 6.45) is 1.84. The fourth-order valence-electron chi connectivity index (χ4n) is 4.04. The second-order valence-electron chi connectivity index (χ2n) is 7.34. The predicted octanol–water partition coefficient (Wildman–Crippen LogP) is 2.41. The lowest BCUT2D eigenvalue weighted by molar-refractivity contribution is -0.945. The highest BCUT2D eigenvalue weighted by atomic mass is 16.7. The lowest BCUT2D eigenvalue weighted by Gasteiger charge is -2.26. The van der Waals surface area contributed by atoms with Crippen molar-refractivity contribution in [3.05, 3.63) is 63.5 Å². The van der Waals surface area contributed by atoms with Gasteiger partial charge in [-0.2, -0.15) is 0 Å². The van der Waals surface area contributed by atoms with E-state index in [1.165, 1.54) is 4.90 Å². The third-order valence-electron chi connectivity index (χ3n) is 5.33. The second kappa shape index (κ2) is 6.87. The maximum absolute atomic E-state index is 12.1. The molecule has 0 radical (unpaired) electrons. The molecule has 28 heavy (non-hydrogen) atoms. The number of ether oxygens (including phenoxy) is 3. The van der Waals surface area contributed by atoms with Gasteiger partial charge in [-0.05, 0) is 42.3 Å². The number of quaternary nitrogens is 1. The van der Waals surface area contributed by atoms with Crippen LogP contribution in [0.15, 0.2) is 45.6 Å². The zero-order valence-electron chi connectivity index (χ0n) is 15.7. The highest BCUT2D eigenvalue weighted by Crippen LogP contribution is 2.33. The zero-order chi connectivity index (χ0) is 19.1. The second-order valence-corrected chi connectivity index (χ2v) is 7.34. The molecular weight excluding hydrogens is 358 g/mol. The summed E-state index contributed by atoms with van der Waals surface area (Å²) in [5, 5.41) is 1.01. The quantitative estimate of drug-likeness (QED) is 0.705. The largest absolute Gasteiger partial charge is 0.454 e. The molecule has 1 unspecified atom stereocenters. The molecular formula is C22H22NO5+. The maximum Gasteiger partial charge on any atom is 0.336 e. The summed E-state index contributed by atoms with van der Waals surface area (Å²) >= 11 is 0. The van der Waals surface area contributed by atoms with Gasteiger partial charge in [-0.15, -0.1) is 0 Å². The van der Waals surface area contributed by atoms with E-state index in [-0.39, 0.29) is 12.4 Å². The fourth-order valence-corrected chi connectivity index (χ4v) is 4.04. The average Bonchev–Trinajstić information content (AvgIpc) is 3.16. The summed E-state index contributed by atoms with van der Waals surface area (Å²) in [6.45, 7) is 4.47. The number of aryl methyl sites for hydroxylation is 1. The van der Waals surface area contributed by atoms with E-state index in [9.17, 15) is 4.79 Å². The molecule has 0 spiro atoms. The van der Waals surface area contributed by atoms with Crippen LogP contribution in [0.2, 0.25) is 0 Å². The van der Waals surface area contributed by atoms with Gasteiger partial charge in [-0.1, -0.05) is 13.3 Å². The van der Waals surface area contributed by atoms with Gasteiger partial charge in [0.2, 0.25) is 13.5 Å². The number of hydrogen-bond acceptors (Lipinski definition) is 5. The predicted molar refractivity (Wildman–Crippen MR) is 103 cm³/mol. The van der Waals surface area contributed by atoms with Crippen molar-refractivity contribution in [3.8, 4) is 17.2 Å². The molecule has 2 aliphatic heterocycles. The number of benzene rings is 2. The molecule has 3 aromatic rings. The van der Waals surface area contributed by atoms with Gasteiger partial charge in [0.25, 0.3) is 0 Å². The lowest BCUT2D eigenvalue weighted by Crippen LogP contribution is -3.10. The average molecular weight is 380 g/mol. The summed E-state index contributed by atoms with van der Waals surface area (Å²) in [5.41, 5.74) is 3.53. The van der Waals surface area contributed by atoms with Gasteiger partial charge in [0.15, 0.2) is 17.1 Å². The van der Waals surface area contributed by atoms with Crippen molar-refractivity contribution in [1.82, 2.24) is 0 Å². The van der Waals surface area contributed by atoms with Gasteiger partial charge in [0, 0.05) is 17.0 Å². The molecule has 6 nitrogen and oxygen atoms in total. The minimum Gasteiger partial charge on any atom is -0.454 e. The first-order valence-electron chi connectivity index (χ1n) is 9.65. The molecule has 2 aliphatic rings. The minimum atomic E-state index is -0.299. The molecule has 2 aromatic carbocycles. The zero-order valence-corrected chi connectivity index (χ0v) is 15.7. The Morgan fingerprint density at radius 3 is 2.75 bits per heavy atom. The minimum absolute atomic E-state index is 0.275. The Morgan fingerprint density at radius 2 is 1.86 bits per heavy atom. The standard InChI is InChI=1S/C22H21NO5/c1-2-3-15-9-21(24)28-22-16(15)5-7-18-17(22)11-23(12-25-18)10-14-4-6-19-20(8-14)27-13-26-19/h4-9H,2-3,10-13H2,1H3/p+1. The first kappa shape index (κ1) is 17.1. The van der Waals surface area contributed by atoms with E-state index >= 15 is 0 Å². The van der Waals surface area contributed by atoms with Crippen LogP contribution in [0.3, 0.4) is 0 Å². The summed E-state index contributed by atoms with van der Waals surface area (Å²) in [4.78, 5) is 13.3. The van der Waals surface area contributed by atoms with Crippen LogP contribution in [0, 0.1) is 0 Å². The SMILES string of the molecule is CCCc1cc(=O)oc2c3c(ccc12)OC[NH+](Cc1ccc2c(c1)OCO2)C3. The number of rotatable bonds is 4. The van der Waals surface area contributed by atoms with E-state index in [0.29, 0.717) is 12.3 Å². The fraction of sp³-hybridized carbons (Fsp3) is 0.318. The van der Waals surface area contributed by atoms with E-state index in [4.69, 9.17) is 18.6 Å². The summed E-state index contributed by atoms with van der Waals surface area (Å²) in [7, 11) is 0. The van der Waals surface area contributed by atoms with Crippen molar-refractivity contribution in [3.63, 3.8) is 0 Å². The van der Waals surface area contributed by atoms with Gasteiger partial charge >= 0.3 is 5.63 Å². The Hall–Kier alpha value is -2.99. The number of fused-ring (bicyclic) bond motifs is 4. The normalized spacial score (nSPS) is 17.4. The van der Waals surface area contributed by atoms with Gasteiger partial charge in [0.1, 0.15) is 18.8 Å². The van der Waals surface area contributed by atoms with E-state index in [2.05, 4.69) is 13.0 Å². The summed E-state index contributed by atoms with van der Waals surface area (Å²) in [5.74, 6) is 2.38. The molecule has 0 saturated heterocycles. The Balaban J connectivity index is 1.47. The molecule has 5 rings (SSSR count). The van der Waals surface area contributed by atoms with Crippen molar-refractivity contribution < 1.29 is 23.5 Å². The molecule has 0 amide bonds. The van der Waals surface area contributed by atoms with Crippen molar-refractivity contribution in [2.24, 2.45) is 0 Å². The molecule has 3 heterocycles. The number of nitrogens with one attached hydrogen (secondary N) is 1. The van der Waals surface area contributed by atoms with Crippen molar-refractivity contribution in [2.45, 2.75) is 32.9 Å². The molecule has 1 N–H and O–H groups in total. The monoisotopic (exact) mass is 380 g/mol. The van der Waals surface area contributed by atoms with Crippen LogP contribution in [0.5, 0.6) is 17.2 Å². The molecule has 0 fully saturated rings. The first-order chi connectivity index (χ1) is 13.7. The third kappa shape index (κ3) is 2.99. The molecule has 6 heteroatoms. The van der Waals surface area contributed by atoms with Crippen LogP contribution in [0.4, 0.5) is 0 Å². The Kier molecular flexibility index (Phi) is 4.20. The van der Waals surface area contributed by atoms with Crippen LogP contribution < -0.4 is 24.7 Å². The maximum atomic E-state index is 12.1. The lowest BCUT2D eigenvalue weighted by atomic mass is 10.0. The third-order valence-corrected chi connectivity index (χ3v) is 5.33. The Labute approximate surface area is 162 Å². The van der Waals surface area contributed by atoms with Crippen LogP contribution >= 0.6 is 0 Å². The van der Waals surface area contributed by atoms with E-state index in [1.807, 2.05) is 24.3 Å². The smallest absolute Gasteiger partial charge is 0.336 e. The summed E-state index contributed by atoms with van der Waals surface area (Å²) < 4.78 is 22.5. The van der Waals surface area contributed by atoms with Gasteiger partial charge in [0.05, 0.1) is 5.56 Å². The summed E-state index contributed by atoms with van der Waals surface area (Å²) in [6, 6.07) is 11.6. The van der Waals surface area contributed by atoms with Crippen molar-refractivity contribution in [2.75, 3.05) is 13.5 Å². The Morgan fingerprint density at radius 1 is 1.00 bits per heavy atom. The van der Waals surface area contributed by atoms with Gasteiger partial charge in [-0.3, -0.25) is 4.90 Å². The van der Waals surface area contributed by atoms with Gasteiger partial charge in [-0.25, -0.2) is 4.79 Å². The topological polar surface area (TPSA) is 62.3 Å². The van der Waals surface area contributed by atoms with Crippen LogP contribution in [-0.4, -0.2) is 13.5 Å². The first-order valence-corrected chi connectivity index (χ1v) is 9.65. The highest BCUT2D eigenvalue weighted by Gasteiger charge is 2.26. The van der Waals surface area contributed by atoms with Crippen molar-refractivity contribution >= 4 is 11.0 Å². The molecule has 144 valence electrons. The Bertz CT molecular complexity index is 1100. The van der Waals surface area contributed by atoms with Crippen LogP contribution in [-0.2, 0) is 19.5 Å². The molecule has 1 aromatic heterocycles. The molecule has 0 bridgehead atoms. The highest BCUT2D eigenvalue weighted by molar-refractivity contribution is 5.85. The van der Waals surface area contributed by atoms with Crippen molar-refractivity contribution in [1.29, 1.82) is 0 Å².